The average molecular weight is 652 g/mol. The van der Waals surface area contributed by atoms with Crippen molar-refractivity contribution >= 4 is 46.2 Å². The molecule has 5 aromatic rings. The molecule has 0 saturated carbocycles. The Morgan fingerprint density at radius 2 is 1.69 bits per heavy atom. The number of amides is 1. The summed E-state index contributed by atoms with van der Waals surface area (Å²) in [6.07, 6.45) is 0.260. The van der Waals surface area contributed by atoms with E-state index < -0.39 is 12.1 Å². The van der Waals surface area contributed by atoms with Crippen molar-refractivity contribution in [2.75, 3.05) is 23.4 Å². The first-order valence-electron chi connectivity index (χ1n) is 15.1. The topological polar surface area (TPSA) is 197 Å². The number of aliphatic carboxylic acids is 1. The average Bonchev–Trinajstić information content (AvgIpc) is 3.42. The smallest absolute Gasteiger partial charge is 0.337 e. The molecule has 0 fully saturated rings. The van der Waals surface area contributed by atoms with Crippen LogP contribution in [0.5, 0.6) is 0 Å². The second kappa shape index (κ2) is 16.5. The lowest BCUT2D eigenvalue weighted by molar-refractivity contribution is -0.147. The number of carboxylic acid groups (broad SMARTS) is 1. The number of aryl methyl sites for hydroxylation is 1. The van der Waals surface area contributed by atoms with Crippen molar-refractivity contribution in [3.8, 4) is 0 Å². The van der Waals surface area contributed by atoms with E-state index in [1.54, 1.807) is 85.9 Å². The highest BCUT2D eigenvalue weighted by Crippen LogP contribution is 2.21. The van der Waals surface area contributed by atoms with Crippen LogP contribution in [-0.2, 0) is 27.9 Å². The van der Waals surface area contributed by atoms with Gasteiger partial charge in [0.25, 0.3) is 5.91 Å². The van der Waals surface area contributed by atoms with E-state index in [1.165, 1.54) is 4.90 Å². The zero-order valence-electron chi connectivity index (χ0n) is 26.5. The van der Waals surface area contributed by atoms with E-state index in [2.05, 4.69) is 10.3 Å². The van der Waals surface area contributed by atoms with Crippen LogP contribution < -0.4 is 16.0 Å². The number of nitrogen functional groups attached to an aromatic ring is 1. The second-order valence-corrected chi connectivity index (χ2v) is 10.5. The number of nitrogens with one attached hydrogen (secondary N) is 2. The number of imidazole rings is 1. The first-order valence-corrected chi connectivity index (χ1v) is 15.1. The summed E-state index contributed by atoms with van der Waals surface area (Å²) in [4.78, 5) is 46.2. The highest BCUT2D eigenvalue weighted by Gasteiger charge is 2.21. The molecule has 48 heavy (non-hydrogen) atoms. The molecule has 0 aliphatic rings. The minimum atomic E-state index is -1.41. The number of ether oxygens (including phenoxy) is 1. The number of aliphatic hydroxyl groups is 1. The van der Waals surface area contributed by atoms with Crippen LogP contribution in [0.3, 0.4) is 0 Å². The van der Waals surface area contributed by atoms with Gasteiger partial charge in [-0.25, -0.2) is 14.8 Å². The molecule has 0 bridgehead atoms. The molecule has 3 aromatic carbocycles. The van der Waals surface area contributed by atoms with Crippen molar-refractivity contribution in [3.63, 3.8) is 0 Å². The van der Waals surface area contributed by atoms with Gasteiger partial charge < -0.3 is 30.6 Å². The molecule has 2 aromatic heterocycles. The number of amidine groups is 1. The standard InChI is InChI=1S/C27H29N7O3.C8H8O3/c1-3-37-25(35)13-15-34(23-6-4-5-14-30-23)27(36)19-9-12-22-21(16-19)32-24(33(22)2)17-31-20-10-7-18(8-11-20)26(28)29;9-7(8(10)11)6-4-2-1-3-5-6/h4-12,14,16,31H,3,13,15,17H2,1-2H3,(H3,28,29);1-5,7,9H,(H,10,11). The Labute approximate surface area is 277 Å². The number of carboxylic acids is 1. The third-order valence-corrected chi connectivity index (χ3v) is 7.23. The summed E-state index contributed by atoms with van der Waals surface area (Å²) in [6, 6.07) is 26.2. The molecule has 0 aliphatic carbocycles. The Balaban J connectivity index is 0.000000401. The van der Waals surface area contributed by atoms with E-state index in [1.807, 2.05) is 29.8 Å². The van der Waals surface area contributed by atoms with E-state index in [4.69, 9.17) is 31.1 Å². The number of carbonyl (C=O) groups excluding carboxylic acids is 2. The molecule has 2 heterocycles. The molecule has 248 valence electrons. The van der Waals surface area contributed by atoms with Crippen LogP contribution in [0.4, 0.5) is 11.5 Å². The zero-order valence-corrected chi connectivity index (χ0v) is 26.5. The normalized spacial score (nSPS) is 11.1. The summed E-state index contributed by atoms with van der Waals surface area (Å²) in [5, 5.41) is 28.2. The third kappa shape index (κ3) is 9.01. The quantitative estimate of drug-likeness (QED) is 0.0738. The number of nitrogens with zero attached hydrogens (tertiary/aromatic N) is 4. The first kappa shape index (κ1) is 34.8. The van der Waals surface area contributed by atoms with E-state index >= 15 is 0 Å². The van der Waals surface area contributed by atoms with Gasteiger partial charge in [-0.3, -0.25) is 19.9 Å². The highest BCUT2D eigenvalue weighted by atomic mass is 16.5. The molecule has 6 N–H and O–H groups in total. The Kier molecular flexibility index (Phi) is 11.9. The fourth-order valence-electron chi connectivity index (χ4n) is 4.69. The molecule has 0 spiro atoms. The number of rotatable bonds is 12. The van der Waals surface area contributed by atoms with Crippen LogP contribution in [0.1, 0.15) is 46.8 Å². The van der Waals surface area contributed by atoms with Crippen LogP contribution in [0.2, 0.25) is 0 Å². The molecule has 0 radical (unpaired) electrons. The molecule has 1 amide bonds. The number of hydrogen-bond donors (Lipinski definition) is 5. The van der Waals surface area contributed by atoms with Gasteiger partial charge in [0.2, 0.25) is 0 Å². The first-order chi connectivity index (χ1) is 23.1. The molecule has 1 unspecified atom stereocenters. The summed E-state index contributed by atoms with van der Waals surface area (Å²) in [5.74, 6) is -0.603. The van der Waals surface area contributed by atoms with Crippen LogP contribution >= 0.6 is 0 Å². The van der Waals surface area contributed by atoms with Crippen molar-refractivity contribution in [3.05, 3.63) is 120 Å². The van der Waals surface area contributed by atoms with Crippen molar-refractivity contribution in [2.45, 2.75) is 26.0 Å². The Morgan fingerprint density at radius 3 is 2.31 bits per heavy atom. The van der Waals surface area contributed by atoms with Crippen molar-refractivity contribution < 1.29 is 29.3 Å². The summed E-state index contributed by atoms with van der Waals surface area (Å²) in [6.45, 7) is 2.64. The van der Waals surface area contributed by atoms with Crippen LogP contribution in [0.25, 0.3) is 11.0 Å². The van der Waals surface area contributed by atoms with E-state index in [0.717, 1.165) is 17.0 Å². The van der Waals surface area contributed by atoms with E-state index in [-0.39, 0.29) is 37.3 Å². The lowest BCUT2D eigenvalue weighted by Crippen LogP contribution is -2.34. The fraction of sp³-hybridized carbons (Fsp3) is 0.200. The van der Waals surface area contributed by atoms with Gasteiger partial charge in [0.05, 0.1) is 30.6 Å². The third-order valence-electron chi connectivity index (χ3n) is 7.23. The summed E-state index contributed by atoms with van der Waals surface area (Å²) in [7, 11) is 1.92. The Morgan fingerprint density at radius 1 is 1.00 bits per heavy atom. The van der Waals surface area contributed by atoms with E-state index in [0.29, 0.717) is 34.6 Å². The maximum Gasteiger partial charge on any atom is 0.337 e. The number of benzene rings is 3. The number of esters is 1. The van der Waals surface area contributed by atoms with Crippen molar-refractivity contribution in [1.82, 2.24) is 14.5 Å². The Hall–Kier alpha value is -6.08. The van der Waals surface area contributed by atoms with Gasteiger partial charge in [-0.2, -0.15) is 0 Å². The number of aliphatic hydroxyl groups excluding tert-OH is 1. The SMILES string of the molecule is CCOC(=O)CCN(C(=O)c1ccc2c(c1)nc(CNc1ccc(C(=N)N)cc1)n2C)c1ccccn1.O=C(O)C(O)c1ccccc1. The minimum absolute atomic E-state index is 0.0229. The Bertz CT molecular complexity index is 1860. The summed E-state index contributed by atoms with van der Waals surface area (Å²) < 4.78 is 7.00. The van der Waals surface area contributed by atoms with Gasteiger partial charge in [-0.15, -0.1) is 0 Å². The van der Waals surface area contributed by atoms with Crippen LogP contribution in [-0.4, -0.2) is 61.6 Å². The van der Waals surface area contributed by atoms with Gasteiger partial charge in [-0.05, 0) is 67.1 Å². The highest BCUT2D eigenvalue weighted by molar-refractivity contribution is 6.07. The van der Waals surface area contributed by atoms with Crippen molar-refractivity contribution in [2.24, 2.45) is 12.8 Å². The number of hydrogen-bond acceptors (Lipinski definition) is 9. The molecule has 1 atom stereocenters. The number of nitrogens with two attached hydrogens (primary N) is 1. The maximum atomic E-state index is 13.5. The summed E-state index contributed by atoms with van der Waals surface area (Å²) >= 11 is 0. The molecule has 13 nitrogen and oxygen atoms in total. The summed E-state index contributed by atoms with van der Waals surface area (Å²) in [5.41, 5.74) is 9.47. The maximum absolute atomic E-state index is 13.5. The number of carbonyl (C=O) groups is 3. The predicted molar refractivity (Wildman–Crippen MR) is 182 cm³/mol. The van der Waals surface area contributed by atoms with Gasteiger partial charge in [-0.1, -0.05) is 36.4 Å². The van der Waals surface area contributed by atoms with Crippen molar-refractivity contribution in [1.29, 1.82) is 5.41 Å². The largest absolute Gasteiger partial charge is 0.479 e. The monoisotopic (exact) mass is 651 g/mol. The van der Waals surface area contributed by atoms with Gasteiger partial charge in [0.1, 0.15) is 17.5 Å². The zero-order chi connectivity index (χ0) is 34.6. The molecule has 13 heteroatoms. The van der Waals surface area contributed by atoms with Crippen LogP contribution in [0.15, 0.2) is 97.2 Å². The molecular weight excluding hydrogens is 614 g/mol. The van der Waals surface area contributed by atoms with Gasteiger partial charge in [0, 0.05) is 36.6 Å². The lowest BCUT2D eigenvalue weighted by atomic mass is 10.1. The number of aromatic nitrogens is 3. The molecule has 0 aliphatic heterocycles. The molecule has 0 saturated heterocycles. The van der Waals surface area contributed by atoms with Gasteiger partial charge >= 0.3 is 11.9 Å². The molecular formula is C35H37N7O6. The second-order valence-electron chi connectivity index (χ2n) is 10.5. The number of anilines is 2. The predicted octanol–water partition coefficient (Wildman–Crippen LogP) is 4.27. The molecule has 5 rings (SSSR count). The van der Waals surface area contributed by atoms with Crippen LogP contribution in [0, 0.1) is 5.41 Å². The number of fused-ring (bicyclic) bond motifs is 1. The fourth-order valence-corrected chi connectivity index (χ4v) is 4.69. The number of pyridine rings is 1. The minimum Gasteiger partial charge on any atom is -0.479 e. The van der Waals surface area contributed by atoms with E-state index in [9.17, 15) is 14.4 Å². The lowest BCUT2D eigenvalue weighted by Gasteiger charge is -2.21. The van der Waals surface area contributed by atoms with Gasteiger partial charge in [0.15, 0.2) is 6.10 Å².